The molecule has 0 aliphatic carbocycles. The van der Waals surface area contributed by atoms with Crippen LogP contribution in [0.4, 0.5) is 0 Å². The van der Waals surface area contributed by atoms with Gasteiger partial charge in [0.05, 0.1) is 0 Å². The Morgan fingerprint density at radius 2 is 1.94 bits per heavy atom. The van der Waals surface area contributed by atoms with Gasteiger partial charge in [-0.15, -0.1) is 0 Å². The first-order chi connectivity index (χ1) is 8.56. The van der Waals surface area contributed by atoms with Crippen LogP contribution in [0.3, 0.4) is 0 Å². The molecule has 0 aliphatic heterocycles. The Labute approximate surface area is 111 Å². The molecule has 0 radical (unpaired) electrons. The summed E-state index contributed by atoms with van der Waals surface area (Å²) in [4.78, 5) is 14.5. The first-order valence-electron chi connectivity index (χ1n) is 6.91. The Bertz CT molecular complexity index is 384. The molecule has 0 saturated carbocycles. The number of hydrogen-bond donors (Lipinski definition) is 0. The van der Waals surface area contributed by atoms with Gasteiger partial charge in [-0.05, 0) is 30.9 Å². The third-order valence-corrected chi connectivity index (χ3v) is 3.03. The molecule has 0 aliphatic rings. The number of unbranched alkanes of at least 4 members (excludes halogenated alkanes) is 1. The fourth-order valence-corrected chi connectivity index (χ4v) is 2.05. The van der Waals surface area contributed by atoms with Crippen molar-refractivity contribution in [2.45, 2.75) is 40.5 Å². The maximum Gasteiger partial charge on any atom is 0.254 e. The monoisotopic (exact) mass is 247 g/mol. The Balaban J connectivity index is 2.84. The maximum absolute atomic E-state index is 12.5. The second-order valence-electron chi connectivity index (χ2n) is 5.31. The van der Waals surface area contributed by atoms with Crippen LogP contribution in [-0.2, 0) is 0 Å². The number of hydrogen-bond acceptors (Lipinski definition) is 1. The lowest BCUT2D eigenvalue weighted by atomic mass is 10.1. The molecule has 0 fully saturated rings. The lowest BCUT2D eigenvalue weighted by molar-refractivity contribution is 0.0733. The average Bonchev–Trinajstić information content (AvgIpc) is 2.34. The number of rotatable bonds is 6. The molecular formula is C16H25NO. The Morgan fingerprint density at radius 3 is 2.50 bits per heavy atom. The van der Waals surface area contributed by atoms with Crippen LogP contribution in [0.15, 0.2) is 24.3 Å². The van der Waals surface area contributed by atoms with Crippen LogP contribution in [0.1, 0.15) is 49.5 Å². The predicted octanol–water partition coefficient (Wildman–Crippen LogP) is 3.89. The number of carbonyl (C=O) groups excluding carboxylic acids is 1. The minimum atomic E-state index is 0.176. The minimum Gasteiger partial charge on any atom is -0.338 e. The van der Waals surface area contributed by atoms with Gasteiger partial charge < -0.3 is 4.90 Å². The normalized spacial score (nSPS) is 10.7. The van der Waals surface area contributed by atoms with E-state index in [0.717, 1.165) is 37.1 Å². The molecule has 0 spiro atoms. The molecule has 0 bridgehead atoms. The van der Waals surface area contributed by atoms with Crippen LogP contribution in [0.5, 0.6) is 0 Å². The van der Waals surface area contributed by atoms with E-state index in [2.05, 4.69) is 20.8 Å². The highest BCUT2D eigenvalue weighted by molar-refractivity contribution is 5.95. The summed E-state index contributed by atoms with van der Waals surface area (Å²) in [6.45, 7) is 10.2. The summed E-state index contributed by atoms with van der Waals surface area (Å²) in [5, 5.41) is 0. The first kappa shape index (κ1) is 14.7. The van der Waals surface area contributed by atoms with Gasteiger partial charge in [-0.25, -0.2) is 0 Å². The smallest absolute Gasteiger partial charge is 0.254 e. The summed E-state index contributed by atoms with van der Waals surface area (Å²) in [6, 6.07) is 7.84. The standard InChI is InChI=1S/C16H25NO/c1-5-6-11-17(12-13(2)3)16(18)15-10-8-7-9-14(15)4/h7-10,13H,5-6,11-12H2,1-4H3. The van der Waals surface area contributed by atoms with Crippen molar-refractivity contribution in [3.05, 3.63) is 35.4 Å². The van der Waals surface area contributed by atoms with Gasteiger partial charge in [0.1, 0.15) is 0 Å². The molecule has 0 aromatic heterocycles. The molecule has 1 amide bonds. The summed E-state index contributed by atoms with van der Waals surface area (Å²) in [6.07, 6.45) is 2.19. The highest BCUT2D eigenvalue weighted by atomic mass is 16.2. The van der Waals surface area contributed by atoms with Gasteiger partial charge in [-0.1, -0.05) is 45.4 Å². The molecule has 1 aromatic carbocycles. The molecule has 0 saturated heterocycles. The van der Waals surface area contributed by atoms with Crippen molar-refractivity contribution < 1.29 is 4.79 Å². The number of nitrogens with zero attached hydrogens (tertiary/aromatic N) is 1. The molecule has 0 atom stereocenters. The number of benzene rings is 1. The van der Waals surface area contributed by atoms with Crippen LogP contribution >= 0.6 is 0 Å². The van der Waals surface area contributed by atoms with Crippen LogP contribution < -0.4 is 0 Å². The summed E-state index contributed by atoms with van der Waals surface area (Å²) in [5.74, 6) is 0.685. The van der Waals surface area contributed by atoms with Gasteiger partial charge in [0, 0.05) is 18.7 Å². The van der Waals surface area contributed by atoms with Crippen LogP contribution in [-0.4, -0.2) is 23.9 Å². The molecule has 1 rings (SSSR count). The van der Waals surface area contributed by atoms with Gasteiger partial charge in [-0.2, -0.15) is 0 Å². The van der Waals surface area contributed by atoms with E-state index in [4.69, 9.17) is 0 Å². The van der Waals surface area contributed by atoms with Crippen molar-refractivity contribution in [2.24, 2.45) is 5.92 Å². The van der Waals surface area contributed by atoms with Gasteiger partial charge in [-0.3, -0.25) is 4.79 Å². The lowest BCUT2D eigenvalue weighted by Crippen LogP contribution is -2.35. The molecule has 2 heteroatoms. The van der Waals surface area contributed by atoms with E-state index in [-0.39, 0.29) is 5.91 Å². The lowest BCUT2D eigenvalue weighted by Gasteiger charge is -2.25. The van der Waals surface area contributed by atoms with Crippen molar-refractivity contribution in [3.63, 3.8) is 0 Å². The van der Waals surface area contributed by atoms with E-state index in [1.54, 1.807) is 0 Å². The zero-order valence-corrected chi connectivity index (χ0v) is 12.1. The van der Waals surface area contributed by atoms with Crippen molar-refractivity contribution in [2.75, 3.05) is 13.1 Å². The highest BCUT2D eigenvalue weighted by Crippen LogP contribution is 2.13. The van der Waals surface area contributed by atoms with Crippen molar-refractivity contribution in [1.82, 2.24) is 4.90 Å². The number of amides is 1. The summed E-state index contributed by atoms with van der Waals surface area (Å²) in [7, 11) is 0. The molecule has 1 aromatic rings. The van der Waals surface area contributed by atoms with Gasteiger partial charge >= 0.3 is 0 Å². The quantitative estimate of drug-likeness (QED) is 0.746. The third kappa shape index (κ3) is 4.17. The van der Waals surface area contributed by atoms with Crippen LogP contribution in [0.25, 0.3) is 0 Å². The molecule has 100 valence electrons. The minimum absolute atomic E-state index is 0.176. The largest absolute Gasteiger partial charge is 0.338 e. The molecule has 18 heavy (non-hydrogen) atoms. The third-order valence-electron chi connectivity index (χ3n) is 3.03. The zero-order chi connectivity index (χ0) is 13.5. The van der Waals surface area contributed by atoms with Gasteiger partial charge in [0.15, 0.2) is 0 Å². The van der Waals surface area contributed by atoms with Gasteiger partial charge in [0.2, 0.25) is 0 Å². The van der Waals surface area contributed by atoms with Crippen LogP contribution in [0, 0.1) is 12.8 Å². The highest BCUT2D eigenvalue weighted by Gasteiger charge is 2.17. The summed E-state index contributed by atoms with van der Waals surface area (Å²) in [5.41, 5.74) is 1.90. The fourth-order valence-electron chi connectivity index (χ4n) is 2.05. The number of aryl methyl sites for hydroxylation is 1. The van der Waals surface area contributed by atoms with E-state index in [0.29, 0.717) is 5.92 Å². The Morgan fingerprint density at radius 1 is 1.28 bits per heavy atom. The van der Waals surface area contributed by atoms with Crippen LogP contribution in [0.2, 0.25) is 0 Å². The molecule has 2 nitrogen and oxygen atoms in total. The molecular weight excluding hydrogens is 222 g/mol. The Kier molecular flexibility index (Phi) is 5.90. The van der Waals surface area contributed by atoms with Gasteiger partial charge in [0.25, 0.3) is 5.91 Å². The van der Waals surface area contributed by atoms with E-state index in [1.807, 2.05) is 36.1 Å². The Hall–Kier alpha value is -1.31. The molecule has 0 heterocycles. The fraction of sp³-hybridized carbons (Fsp3) is 0.562. The van der Waals surface area contributed by atoms with Crippen molar-refractivity contribution >= 4 is 5.91 Å². The topological polar surface area (TPSA) is 20.3 Å². The van der Waals surface area contributed by atoms with Crippen molar-refractivity contribution in [3.8, 4) is 0 Å². The molecule has 0 unspecified atom stereocenters. The molecule has 0 N–H and O–H groups in total. The summed E-state index contributed by atoms with van der Waals surface area (Å²) < 4.78 is 0. The zero-order valence-electron chi connectivity index (χ0n) is 12.1. The van der Waals surface area contributed by atoms with Crippen molar-refractivity contribution in [1.29, 1.82) is 0 Å². The second kappa shape index (κ2) is 7.20. The van der Waals surface area contributed by atoms with E-state index < -0.39 is 0 Å². The maximum atomic E-state index is 12.5. The van der Waals surface area contributed by atoms with E-state index in [1.165, 1.54) is 0 Å². The summed E-state index contributed by atoms with van der Waals surface area (Å²) >= 11 is 0. The predicted molar refractivity (Wildman–Crippen MR) is 76.8 cm³/mol. The van der Waals surface area contributed by atoms with E-state index >= 15 is 0 Å². The number of carbonyl (C=O) groups is 1. The average molecular weight is 247 g/mol. The van der Waals surface area contributed by atoms with E-state index in [9.17, 15) is 4.79 Å². The first-order valence-corrected chi connectivity index (χ1v) is 6.91. The SMILES string of the molecule is CCCCN(CC(C)C)C(=O)c1ccccc1C. The second-order valence-corrected chi connectivity index (χ2v) is 5.31.